The summed E-state index contributed by atoms with van der Waals surface area (Å²) >= 11 is 12.0. The summed E-state index contributed by atoms with van der Waals surface area (Å²) in [5.74, 6) is -0.315. The van der Waals surface area contributed by atoms with Crippen LogP contribution in [0, 0.1) is 5.82 Å². The van der Waals surface area contributed by atoms with Crippen molar-refractivity contribution in [3.63, 3.8) is 0 Å². The smallest absolute Gasteiger partial charge is 0.152 e. The van der Waals surface area contributed by atoms with Crippen molar-refractivity contribution in [2.24, 2.45) is 0 Å². The van der Waals surface area contributed by atoms with Crippen LogP contribution in [0.5, 0.6) is 0 Å². The molecule has 1 aromatic carbocycles. The van der Waals surface area contributed by atoms with E-state index in [1.807, 2.05) is 0 Å². The molecule has 1 rings (SSSR count). The van der Waals surface area contributed by atoms with E-state index in [1.165, 1.54) is 6.07 Å². The Bertz CT molecular complexity index is 540. The molecule has 2 nitrogen and oxygen atoms in total. The quantitative estimate of drug-likeness (QED) is 0.708. The Kier molecular flexibility index (Phi) is 6.29. The van der Waals surface area contributed by atoms with Gasteiger partial charge in [-0.25, -0.2) is 12.8 Å². The number of alkyl halides is 2. The summed E-state index contributed by atoms with van der Waals surface area (Å²) in [5, 5.41) is -0.466. The zero-order valence-corrected chi connectivity index (χ0v) is 13.9. The van der Waals surface area contributed by atoms with Crippen molar-refractivity contribution in [3.05, 3.63) is 35.6 Å². The van der Waals surface area contributed by atoms with E-state index in [2.05, 4.69) is 0 Å². The van der Waals surface area contributed by atoms with E-state index in [-0.39, 0.29) is 23.9 Å². The second-order valence-corrected chi connectivity index (χ2v) is 8.40. The van der Waals surface area contributed by atoms with E-state index >= 15 is 0 Å². The van der Waals surface area contributed by atoms with Crippen molar-refractivity contribution in [1.29, 1.82) is 0 Å². The van der Waals surface area contributed by atoms with Crippen LogP contribution < -0.4 is 0 Å². The summed E-state index contributed by atoms with van der Waals surface area (Å²) in [6.07, 6.45) is 0.210. The van der Waals surface area contributed by atoms with Crippen LogP contribution in [-0.4, -0.2) is 31.2 Å². The van der Waals surface area contributed by atoms with E-state index in [1.54, 1.807) is 32.0 Å². The largest absolute Gasteiger partial charge is 0.229 e. The monoisotopic (exact) mass is 340 g/mol. The third-order valence-electron chi connectivity index (χ3n) is 3.54. The molecule has 0 saturated heterocycles. The van der Waals surface area contributed by atoms with Crippen LogP contribution in [0.1, 0.15) is 25.8 Å². The van der Waals surface area contributed by atoms with Crippen molar-refractivity contribution in [3.8, 4) is 0 Å². The van der Waals surface area contributed by atoms with Gasteiger partial charge in [-0.3, -0.25) is 0 Å². The zero-order valence-electron chi connectivity index (χ0n) is 11.6. The van der Waals surface area contributed by atoms with Gasteiger partial charge in [0.05, 0.1) is 11.0 Å². The first-order valence-electron chi connectivity index (χ1n) is 6.37. The highest BCUT2D eigenvalue weighted by Gasteiger charge is 2.35. The fourth-order valence-corrected chi connectivity index (χ4v) is 3.90. The summed E-state index contributed by atoms with van der Waals surface area (Å²) in [4.78, 5) is 0. The molecule has 0 aliphatic carbocycles. The first-order chi connectivity index (χ1) is 9.29. The van der Waals surface area contributed by atoms with Crippen LogP contribution in [0.15, 0.2) is 24.3 Å². The molecule has 0 aliphatic heterocycles. The molecular weight excluding hydrogens is 322 g/mol. The van der Waals surface area contributed by atoms with E-state index in [9.17, 15) is 12.8 Å². The maximum atomic E-state index is 14.0. The first kappa shape index (κ1) is 17.7. The lowest BCUT2D eigenvalue weighted by Crippen LogP contribution is -2.35. The topological polar surface area (TPSA) is 34.1 Å². The number of benzene rings is 1. The number of hydrogen-bond acceptors (Lipinski definition) is 2. The summed E-state index contributed by atoms with van der Waals surface area (Å²) < 4.78 is 37.9. The van der Waals surface area contributed by atoms with Gasteiger partial charge in [-0.15, -0.1) is 23.2 Å². The summed E-state index contributed by atoms with van der Waals surface area (Å²) in [6.45, 7) is 3.25. The molecule has 0 amide bonds. The van der Waals surface area contributed by atoms with Crippen molar-refractivity contribution in [1.82, 2.24) is 0 Å². The lowest BCUT2D eigenvalue weighted by molar-refractivity contribution is 0.475. The van der Waals surface area contributed by atoms with E-state index in [4.69, 9.17) is 23.2 Å². The highest BCUT2D eigenvalue weighted by molar-refractivity contribution is 7.91. The standard InChI is InChI=1S/C14H19Cl2FO2S/c1-11(2)20(18,19)8-7-14(9-15,10-16)12-5-3-4-6-13(12)17/h3-6,11H,7-10H2,1-2H3. The predicted molar refractivity (Wildman–Crippen MR) is 83.1 cm³/mol. The minimum atomic E-state index is -3.21. The molecule has 114 valence electrons. The van der Waals surface area contributed by atoms with Gasteiger partial charge < -0.3 is 0 Å². The number of rotatable bonds is 7. The van der Waals surface area contributed by atoms with Gasteiger partial charge in [-0.05, 0) is 31.9 Å². The number of halogens is 3. The van der Waals surface area contributed by atoms with Crippen LogP contribution in [0.3, 0.4) is 0 Å². The lowest BCUT2D eigenvalue weighted by atomic mass is 9.81. The maximum absolute atomic E-state index is 14.0. The Morgan fingerprint density at radius 3 is 2.20 bits per heavy atom. The average Bonchev–Trinajstić information content (AvgIpc) is 2.42. The summed E-state index contributed by atoms with van der Waals surface area (Å²) in [7, 11) is -3.21. The second kappa shape index (κ2) is 7.10. The third-order valence-corrected chi connectivity index (χ3v) is 6.77. The molecule has 1 aromatic rings. The molecule has 0 N–H and O–H groups in total. The van der Waals surface area contributed by atoms with E-state index < -0.39 is 26.3 Å². The molecule has 0 aliphatic rings. The van der Waals surface area contributed by atoms with Gasteiger partial charge >= 0.3 is 0 Å². The highest BCUT2D eigenvalue weighted by Crippen LogP contribution is 2.33. The highest BCUT2D eigenvalue weighted by atomic mass is 35.5. The molecule has 0 aromatic heterocycles. The van der Waals surface area contributed by atoms with E-state index in [0.29, 0.717) is 5.56 Å². The fourth-order valence-electron chi connectivity index (χ4n) is 1.91. The number of sulfone groups is 1. The molecular formula is C14H19Cl2FO2S. The van der Waals surface area contributed by atoms with Crippen LogP contribution in [0.25, 0.3) is 0 Å². The Balaban J connectivity index is 3.09. The minimum absolute atomic E-state index is 0.0571. The second-order valence-electron chi connectivity index (χ2n) is 5.19. The van der Waals surface area contributed by atoms with Gasteiger partial charge in [0, 0.05) is 17.2 Å². The SMILES string of the molecule is CC(C)S(=O)(=O)CCC(CCl)(CCl)c1ccccc1F. The lowest BCUT2D eigenvalue weighted by Gasteiger charge is -2.30. The van der Waals surface area contributed by atoms with Crippen LogP contribution in [0.4, 0.5) is 4.39 Å². The van der Waals surface area contributed by atoms with Crippen molar-refractivity contribution < 1.29 is 12.8 Å². The Hall–Kier alpha value is -0.320. The van der Waals surface area contributed by atoms with Gasteiger partial charge in [0.1, 0.15) is 5.82 Å². The van der Waals surface area contributed by atoms with Gasteiger partial charge in [0.25, 0.3) is 0 Å². The van der Waals surface area contributed by atoms with Gasteiger partial charge in [0.2, 0.25) is 0 Å². The molecule has 0 atom stereocenters. The Morgan fingerprint density at radius 1 is 1.20 bits per heavy atom. The van der Waals surface area contributed by atoms with Crippen molar-refractivity contribution in [2.75, 3.05) is 17.5 Å². The average molecular weight is 341 g/mol. The molecule has 20 heavy (non-hydrogen) atoms. The predicted octanol–water partition coefficient (Wildman–Crippen LogP) is 3.75. The van der Waals surface area contributed by atoms with Gasteiger partial charge in [-0.2, -0.15) is 0 Å². The molecule has 0 fully saturated rings. The van der Waals surface area contributed by atoms with Crippen LogP contribution in [0.2, 0.25) is 0 Å². The summed E-state index contributed by atoms with van der Waals surface area (Å²) in [5.41, 5.74) is -0.486. The van der Waals surface area contributed by atoms with Crippen molar-refractivity contribution in [2.45, 2.75) is 30.9 Å². The van der Waals surface area contributed by atoms with Crippen LogP contribution in [-0.2, 0) is 15.3 Å². The molecule has 0 bridgehead atoms. The van der Waals surface area contributed by atoms with Gasteiger partial charge in [0.15, 0.2) is 9.84 Å². The first-order valence-corrected chi connectivity index (χ1v) is 9.16. The molecule has 0 heterocycles. The van der Waals surface area contributed by atoms with Crippen molar-refractivity contribution >= 4 is 33.0 Å². The fraction of sp³-hybridized carbons (Fsp3) is 0.571. The Morgan fingerprint density at radius 2 is 1.75 bits per heavy atom. The Labute approximate surface area is 130 Å². The molecule has 0 unspecified atom stereocenters. The summed E-state index contributed by atoms with van der Waals surface area (Å²) in [6, 6.07) is 6.22. The third kappa shape index (κ3) is 3.86. The molecule has 0 saturated carbocycles. The zero-order chi connectivity index (χ0) is 15.4. The maximum Gasteiger partial charge on any atom is 0.152 e. The number of hydrogen-bond donors (Lipinski definition) is 0. The molecule has 0 radical (unpaired) electrons. The molecule has 6 heteroatoms. The van der Waals surface area contributed by atoms with Gasteiger partial charge in [-0.1, -0.05) is 18.2 Å². The molecule has 0 spiro atoms. The van der Waals surface area contributed by atoms with Crippen LogP contribution >= 0.6 is 23.2 Å². The minimum Gasteiger partial charge on any atom is -0.229 e. The van der Waals surface area contributed by atoms with E-state index in [0.717, 1.165) is 0 Å². The normalized spacial score (nSPS) is 12.9.